The van der Waals surface area contributed by atoms with Gasteiger partial charge in [-0.1, -0.05) is 48.2 Å². The maximum absolute atomic E-state index is 12.5. The van der Waals surface area contributed by atoms with Crippen molar-refractivity contribution in [1.29, 1.82) is 0 Å². The summed E-state index contributed by atoms with van der Waals surface area (Å²) in [7, 11) is 0. The quantitative estimate of drug-likeness (QED) is 0.487. The maximum atomic E-state index is 12.5. The molecular weight excluding hydrogens is 380 g/mol. The summed E-state index contributed by atoms with van der Waals surface area (Å²) in [6.07, 6.45) is 0. The summed E-state index contributed by atoms with van der Waals surface area (Å²) in [5, 5.41) is 13.6. The number of pyridine rings is 1. The average molecular weight is 405 g/mol. The molecule has 0 aliphatic rings. The molecule has 0 saturated heterocycles. The van der Waals surface area contributed by atoms with Crippen LogP contribution in [-0.4, -0.2) is 26.3 Å². The van der Waals surface area contributed by atoms with Gasteiger partial charge in [0.15, 0.2) is 10.8 Å². The van der Waals surface area contributed by atoms with Crippen molar-refractivity contribution in [2.45, 2.75) is 38.9 Å². The number of aryl methyl sites for hydroxylation is 3. The molecule has 5 nitrogen and oxygen atoms in total. The van der Waals surface area contributed by atoms with Crippen LogP contribution in [0.25, 0.3) is 16.6 Å². The van der Waals surface area contributed by atoms with Crippen LogP contribution in [0, 0.1) is 20.8 Å². The lowest BCUT2D eigenvalue weighted by Gasteiger charge is -2.15. The second kappa shape index (κ2) is 7.87. The van der Waals surface area contributed by atoms with Crippen molar-refractivity contribution >= 4 is 34.2 Å². The molecule has 6 heteroatoms. The lowest BCUT2D eigenvalue weighted by atomic mass is 10.0. The second-order valence-corrected chi connectivity index (χ2v) is 8.38. The van der Waals surface area contributed by atoms with Crippen LogP contribution < -0.4 is 5.32 Å². The van der Waals surface area contributed by atoms with Gasteiger partial charge < -0.3 is 5.32 Å². The van der Waals surface area contributed by atoms with E-state index in [0.717, 1.165) is 32.8 Å². The number of nitrogens with zero attached hydrogens (tertiary/aromatic N) is 3. The van der Waals surface area contributed by atoms with Crippen molar-refractivity contribution in [3.8, 4) is 0 Å². The number of rotatable bonds is 5. The van der Waals surface area contributed by atoms with Crippen LogP contribution in [0.2, 0.25) is 0 Å². The summed E-state index contributed by atoms with van der Waals surface area (Å²) in [4.78, 5) is 12.5. The van der Waals surface area contributed by atoms with E-state index in [1.807, 2.05) is 29.5 Å². The van der Waals surface area contributed by atoms with Crippen molar-refractivity contribution in [3.63, 3.8) is 0 Å². The maximum Gasteiger partial charge on any atom is 0.230 e. The van der Waals surface area contributed by atoms with Gasteiger partial charge in [-0.3, -0.25) is 9.20 Å². The van der Waals surface area contributed by atoms with Gasteiger partial charge in [-0.2, -0.15) is 0 Å². The predicted molar refractivity (Wildman–Crippen MR) is 118 cm³/mol. The summed E-state index contributed by atoms with van der Waals surface area (Å²) in [6, 6.07) is 16.5. The molecule has 2 aromatic heterocycles. The van der Waals surface area contributed by atoms with E-state index >= 15 is 0 Å². The minimum absolute atomic E-state index is 0.0195. The normalized spacial score (nSPS) is 12.4. The van der Waals surface area contributed by atoms with Gasteiger partial charge in [-0.25, -0.2) is 0 Å². The first kappa shape index (κ1) is 19.5. The summed E-state index contributed by atoms with van der Waals surface area (Å²) in [5.41, 5.74) is 6.61. The Morgan fingerprint density at radius 3 is 2.62 bits per heavy atom. The number of amides is 1. The van der Waals surface area contributed by atoms with E-state index in [4.69, 9.17) is 0 Å². The van der Waals surface area contributed by atoms with E-state index in [1.165, 1.54) is 22.9 Å². The van der Waals surface area contributed by atoms with Crippen molar-refractivity contribution in [3.05, 3.63) is 70.8 Å². The lowest BCUT2D eigenvalue weighted by Crippen LogP contribution is -2.28. The minimum Gasteiger partial charge on any atom is -0.349 e. The molecule has 0 saturated carbocycles. The van der Waals surface area contributed by atoms with Crippen LogP contribution in [0.5, 0.6) is 0 Å². The Balaban J connectivity index is 1.50. The fourth-order valence-corrected chi connectivity index (χ4v) is 4.26. The van der Waals surface area contributed by atoms with E-state index in [0.29, 0.717) is 0 Å². The van der Waals surface area contributed by atoms with E-state index in [9.17, 15) is 4.79 Å². The smallest absolute Gasteiger partial charge is 0.230 e. The highest BCUT2D eigenvalue weighted by Gasteiger charge is 2.15. The minimum atomic E-state index is -0.0407. The molecule has 1 unspecified atom stereocenters. The van der Waals surface area contributed by atoms with E-state index in [2.05, 4.69) is 66.6 Å². The molecule has 4 rings (SSSR count). The highest BCUT2D eigenvalue weighted by atomic mass is 32.2. The predicted octanol–water partition coefficient (Wildman–Crippen LogP) is 4.78. The number of carbonyl (C=O) groups is 1. The topological polar surface area (TPSA) is 59.3 Å². The van der Waals surface area contributed by atoms with Crippen LogP contribution >= 0.6 is 11.8 Å². The Kier molecular flexibility index (Phi) is 5.28. The number of aromatic nitrogens is 3. The molecule has 29 heavy (non-hydrogen) atoms. The summed E-state index contributed by atoms with van der Waals surface area (Å²) in [6.45, 7) is 8.26. The Morgan fingerprint density at radius 1 is 1.03 bits per heavy atom. The zero-order valence-corrected chi connectivity index (χ0v) is 17.9. The number of carbonyl (C=O) groups excluding carboxylic acids is 1. The van der Waals surface area contributed by atoms with Gasteiger partial charge in [0.25, 0.3) is 0 Å². The van der Waals surface area contributed by atoms with Crippen molar-refractivity contribution in [2.75, 3.05) is 5.75 Å². The summed E-state index contributed by atoms with van der Waals surface area (Å²) < 4.78 is 2.02. The number of nitrogens with one attached hydrogen (secondary N) is 1. The molecular formula is C23H24N4OS. The van der Waals surface area contributed by atoms with Gasteiger partial charge in [0, 0.05) is 5.39 Å². The van der Waals surface area contributed by atoms with Crippen molar-refractivity contribution < 1.29 is 4.79 Å². The molecule has 0 aliphatic heterocycles. The van der Waals surface area contributed by atoms with Gasteiger partial charge in [0.1, 0.15) is 0 Å². The van der Waals surface area contributed by atoms with Crippen molar-refractivity contribution in [1.82, 2.24) is 19.9 Å². The second-order valence-electron chi connectivity index (χ2n) is 7.44. The standard InChI is InChI=1S/C23H24N4OS/c1-14-9-10-18(11-15(14)2)17(4)24-22(28)13-29-23-26-25-21-12-16(3)19-7-5-6-8-20(19)27(21)23/h5-12,17H,13H2,1-4H3,(H,24,28). The first-order chi connectivity index (χ1) is 13.9. The van der Waals surface area contributed by atoms with Crippen molar-refractivity contribution in [2.24, 2.45) is 0 Å². The molecule has 2 aromatic carbocycles. The van der Waals surface area contributed by atoms with E-state index in [1.54, 1.807) is 0 Å². The van der Waals surface area contributed by atoms with Gasteiger partial charge in [-0.05, 0) is 62.1 Å². The highest BCUT2D eigenvalue weighted by molar-refractivity contribution is 7.99. The van der Waals surface area contributed by atoms with Crippen LogP contribution in [0.4, 0.5) is 0 Å². The molecule has 0 bridgehead atoms. The number of fused-ring (bicyclic) bond motifs is 3. The zero-order valence-electron chi connectivity index (χ0n) is 17.1. The molecule has 148 valence electrons. The molecule has 0 fully saturated rings. The molecule has 1 amide bonds. The zero-order chi connectivity index (χ0) is 20.5. The average Bonchev–Trinajstić information content (AvgIpc) is 3.11. The van der Waals surface area contributed by atoms with Crippen LogP contribution in [-0.2, 0) is 4.79 Å². The highest BCUT2D eigenvalue weighted by Crippen LogP contribution is 2.26. The Hall–Kier alpha value is -2.86. The van der Waals surface area contributed by atoms with Crippen LogP contribution in [0.15, 0.2) is 53.7 Å². The van der Waals surface area contributed by atoms with E-state index in [-0.39, 0.29) is 17.7 Å². The Labute approximate surface area is 174 Å². The molecule has 1 atom stereocenters. The number of hydrogen-bond donors (Lipinski definition) is 1. The van der Waals surface area contributed by atoms with E-state index < -0.39 is 0 Å². The molecule has 4 aromatic rings. The first-order valence-corrected chi connectivity index (χ1v) is 10.7. The summed E-state index contributed by atoms with van der Waals surface area (Å²) >= 11 is 1.41. The number of hydrogen-bond acceptors (Lipinski definition) is 4. The number of thioether (sulfide) groups is 1. The van der Waals surface area contributed by atoms with Gasteiger partial charge in [-0.15, -0.1) is 10.2 Å². The molecule has 1 N–H and O–H groups in total. The van der Waals surface area contributed by atoms with Gasteiger partial charge in [0.2, 0.25) is 5.91 Å². The first-order valence-electron chi connectivity index (χ1n) is 9.67. The fraction of sp³-hybridized carbons (Fsp3) is 0.261. The molecule has 0 spiro atoms. The number of para-hydroxylation sites is 1. The molecule has 2 heterocycles. The van der Waals surface area contributed by atoms with Gasteiger partial charge in [0.05, 0.1) is 17.3 Å². The Morgan fingerprint density at radius 2 is 1.83 bits per heavy atom. The fourth-order valence-electron chi connectivity index (χ4n) is 3.50. The Bertz CT molecular complexity index is 1210. The monoisotopic (exact) mass is 404 g/mol. The third kappa shape index (κ3) is 3.85. The molecule has 0 aliphatic carbocycles. The largest absolute Gasteiger partial charge is 0.349 e. The SMILES string of the molecule is Cc1ccc(C(C)NC(=O)CSc2nnc3cc(C)c4ccccc4n23)cc1C. The summed E-state index contributed by atoms with van der Waals surface area (Å²) in [5.74, 6) is 0.270. The van der Waals surface area contributed by atoms with Crippen LogP contribution in [0.3, 0.4) is 0 Å². The third-order valence-electron chi connectivity index (χ3n) is 5.31. The van der Waals surface area contributed by atoms with Gasteiger partial charge >= 0.3 is 0 Å². The molecule has 0 radical (unpaired) electrons. The van der Waals surface area contributed by atoms with Crippen LogP contribution in [0.1, 0.15) is 35.2 Å². The lowest BCUT2D eigenvalue weighted by molar-refractivity contribution is -0.119. The number of benzene rings is 2. The third-order valence-corrected chi connectivity index (χ3v) is 6.24.